The number of ether oxygens (including phenoxy) is 3. The predicted octanol–water partition coefficient (Wildman–Crippen LogP) is 4.89. The number of hydrogen-bond donors (Lipinski definition) is 1. The molecule has 0 aliphatic carbocycles. The van der Waals surface area contributed by atoms with Gasteiger partial charge in [-0.1, -0.05) is 0 Å². The number of carbonyl (C=O) groups excluding carboxylic acids is 1. The van der Waals surface area contributed by atoms with Gasteiger partial charge >= 0.3 is 6.61 Å². The molecule has 1 amide bonds. The van der Waals surface area contributed by atoms with E-state index in [2.05, 4.69) is 15.0 Å². The van der Waals surface area contributed by atoms with E-state index in [-0.39, 0.29) is 17.2 Å². The Morgan fingerprint density at radius 3 is 2.59 bits per heavy atom. The first-order valence-electron chi connectivity index (χ1n) is 8.52. The summed E-state index contributed by atoms with van der Waals surface area (Å²) in [5.74, 6) is 0.214. The number of hydrogen-bond acceptors (Lipinski definition) is 6. The first-order valence-corrected chi connectivity index (χ1v) is 9.34. The summed E-state index contributed by atoms with van der Waals surface area (Å²) in [5, 5.41) is 2.68. The van der Waals surface area contributed by atoms with E-state index in [1.807, 2.05) is 12.1 Å². The SMILES string of the molecule is COc1ccc(NC(=O)c2sc(C)cc2OC(F)F)cc1OCc1ccncc1. The standard InChI is InChI=1S/C20H18F2N2O4S/c1-12-9-17(28-20(21)22)18(29-12)19(25)24-14-3-4-15(26-2)16(10-14)27-11-13-5-7-23-8-6-13/h3-10,20H,11H2,1-2H3,(H,24,25). The summed E-state index contributed by atoms with van der Waals surface area (Å²) in [6, 6.07) is 9.93. The fourth-order valence-electron chi connectivity index (χ4n) is 2.53. The van der Waals surface area contributed by atoms with Crippen LogP contribution in [0.5, 0.6) is 17.2 Å². The summed E-state index contributed by atoms with van der Waals surface area (Å²) in [5.41, 5.74) is 1.34. The molecule has 0 radical (unpaired) electrons. The summed E-state index contributed by atoms with van der Waals surface area (Å²) in [4.78, 5) is 17.3. The molecule has 1 aromatic carbocycles. The molecule has 29 heavy (non-hydrogen) atoms. The molecule has 3 aromatic rings. The highest BCUT2D eigenvalue weighted by Crippen LogP contribution is 2.33. The van der Waals surface area contributed by atoms with Gasteiger partial charge in [0.15, 0.2) is 11.5 Å². The van der Waals surface area contributed by atoms with Gasteiger partial charge in [-0.05, 0) is 42.8 Å². The maximum atomic E-state index is 12.6. The van der Waals surface area contributed by atoms with Crippen molar-refractivity contribution in [1.29, 1.82) is 0 Å². The molecule has 0 fully saturated rings. The average Bonchev–Trinajstić information content (AvgIpc) is 3.07. The predicted molar refractivity (Wildman–Crippen MR) is 105 cm³/mol. The number of carbonyl (C=O) groups is 1. The highest BCUT2D eigenvalue weighted by molar-refractivity contribution is 7.14. The maximum absolute atomic E-state index is 12.6. The van der Waals surface area contributed by atoms with Crippen molar-refractivity contribution in [2.75, 3.05) is 12.4 Å². The zero-order valence-electron chi connectivity index (χ0n) is 15.6. The van der Waals surface area contributed by atoms with Crippen molar-refractivity contribution < 1.29 is 27.8 Å². The van der Waals surface area contributed by atoms with Crippen LogP contribution in [0.3, 0.4) is 0 Å². The number of alkyl halides is 2. The first kappa shape index (κ1) is 20.5. The summed E-state index contributed by atoms with van der Waals surface area (Å²) >= 11 is 1.07. The van der Waals surface area contributed by atoms with Crippen LogP contribution in [0.4, 0.5) is 14.5 Å². The van der Waals surface area contributed by atoms with Crippen molar-refractivity contribution in [1.82, 2.24) is 4.98 Å². The van der Waals surface area contributed by atoms with Crippen molar-refractivity contribution in [3.63, 3.8) is 0 Å². The van der Waals surface area contributed by atoms with Gasteiger partial charge in [-0.3, -0.25) is 9.78 Å². The van der Waals surface area contributed by atoms with E-state index in [4.69, 9.17) is 9.47 Å². The molecule has 1 N–H and O–H groups in total. The fourth-order valence-corrected chi connectivity index (χ4v) is 3.37. The average molecular weight is 420 g/mol. The molecule has 2 heterocycles. The van der Waals surface area contributed by atoms with Crippen LogP contribution < -0.4 is 19.5 Å². The minimum absolute atomic E-state index is 0.0675. The Kier molecular flexibility index (Phi) is 6.61. The fraction of sp³-hybridized carbons (Fsp3) is 0.200. The highest BCUT2D eigenvalue weighted by Gasteiger charge is 2.20. The number of benzene rings is 1. The molecule has 0 atom stereocenters. The zero-order chi connectivity index (χ0) is 20.8. The van der Waals surface area contributed by atoms with Crippen molar-refractivity contribution in [2.45, 2.75) is 20.1 Å². The molecule has 0 bridgehead atoms. The van der Waals surface area contributed by atoms with E-state index in [9.17, 15) is 13.6 Å². The maximum Gasteiger partial charge on any atom is 0.387 e. The molecule has 0 aliphatic heterocycles. The van der Waals surface area contributed by atoms with Crippen LogP contribution in [0.2, 0.25) is 0 Å². The van der Waals surface area contributed by atoms with Crippen molar-refractivity contribution >= 4 is 22.9 Å². The minimum Gasteiger partial charge on any atom is -0.493 e. The number of thiophene rings is 1. The van der Waals surface area contributed by atoms with Crippen molar-refractivity contribution in [2.24, 2.45) is 0 Å². The molecule has 0 unspecified atom stereocenters. The number of halogens is 2. The number of aromatic nitrogens is 1. The molecule has 6 nitrogen and oxygen atoms in total. The van der Waals surface area contributed by atoms with Gasteiger partial charge in [0, 0.05) is 29.0 Å². The summed E-state index contributed by atoms with van der Waals surface area (Å²) < 4.78 is 40.7. The Bertz CT molecular complexity index is 980. The van der Waals surface area contributed by atoms with Crippen molar-refractivity contribution in [3.05, 3.63) is 64.1 Å². The summed E-state index contributed by atoms with van der Waals surface area (Å²) in [7, 11) is 1.51. The molecular weight excluding hydrogens is 402 g/mol. The topological polar surface area (TPSA) is 69.7 Å². The third-order valence-electron chi connectivity index (χ3n) is 3.81. The second-order valence-corrected chi connectivity index (χ2v) is 7.15. The van der Waals surface area contributed by atoms with Gasteiger partial charge in [-0.2, -0.15) is 8.78 Å². The Morgan fingerprint density at radius 2 is 1.90 bits per heavy atom. The Hall–Kier alpha value is -3.20. The van der Waals surface area contributed by atoms with Crippen LogP contribution in [-0.4, -0.2) is 24.6 Å². The Balaban J connectivity index is 1.76. The van der Waals surface area contributed by atoms with Crippen molar-refractivity contribution in [3.8, 4) is 17.2 Å². The second-order valence-electron chi connectivity index (χ2n) is 5.89. The van der Waals surface area contributed by atoms with Gasteiger partial charge in [-0.25, -0.2) is 0 Å². The third-order valence-corrected chi connectivity index (χ3v) is 4.84. The van der Waals surface area contributed by atoms with Crippen LogP contribution in [0.15, 0.2) is 48.8 Å². The number of methoxy groups -OCH3 is 1. The number of pyridine rings is 1. The molecule has 0 aliphatic rings. The number of rotatable bonds is 8. The molecular formula is C20H18F2N2O4S. The van der Waals surface area contributed by atoms with Gasteiger partial charge in [0.2, 0.25) is 0 Å². The Labute approximate surface area is 170 Å². The van der Waals surface area contributed by atoms with Gasteiger partial charge in [0.25, 0.3) is 5.91 Å². The molecule has 0 spiro atoms. The molecule has 9 heteroatoms. The monoisotopic (exact) mass is 420 g/mol. The quantitative estimate of drug-likeness (QED) is 0.562. The molecule has 2 aromatic heterocycles. The van der Waals surface area contributed by atoms with Crippen LogP contribution in [0.25, 0.3) is 0 Å². The van der Waals surface area contributed by atoms with Gasteiger partial charge in [0.05, 0.1) is 7.11 Å². The van der Waals surface area contributed by atoms with E-state index in [0.717, 1.165) is 16.9 Å². The largest absolute Gasteiger partial charge is 0.493 e. The molecule has 0 saturated carbocycles. The van der Waals surface area contributed by atoms with Gasteiger partial charge < -0.3 is 19.5 Å². The van der Waals surface area contributed by atoms with Crippen LogP contribution in [0.1, 0.15) is 20.1 Å². The lowest BCUT2D eigenvalue weighted by atomic mass is 10.2. The van der Waals surface area contributed by atoms with E-state index in [1.54, 1.807) is 37.5 Å². The number of amides is 1. The highest BCUT2D eigenvalue weighted by atomic mass is 32.1. The molecule has 152 valence electrons. The third kappa shape index (κ3) is 5.41. The first-order chi connectivity index (χ1) is 14.0. The number of nitrogens with one attached hydrogen (secondary N) is 1. The van der Waals surface area contributed by atoms with E-state index in [1.165, 1.54) is 13.2 Å². The van der Waals surface area contributed by atoms with E-state index in [0.29, 0.717) is 22.1 Å². The second kappa shape index (κ2) is 9.33. The van der Waals surface area contributed by atoms with Gasteiger partial charge in [-0.15, -0.1) is 11.3 Å². The van der Waals surface area contributed by atoms with Crippen LogP contribution in [-0.2, 0) is 6.61 Å². The zero-order valence-corrected chi connectivity index (χ0v) is 16.5. The smallest absolute Gasteiger partial charge is 0.387 e. The van der Waals surface area contributed by atoms with Gasteiger partial charge in [0.1, 0.15) is 17.2 Å². The lowest BCUT2D eigenvalue weighted by Gasteiger charge is -2.13. The molecule has 3 rings (SSSR count). The normalized spacial score (nSPS) is 10.7. The van der Waals surface area contributed by atoms with Crippen LogP contribution >= 0.6 is 11.3 Å². The summed E-state index contributed by atoms with van der Waals surface area (Å²) in [6.07, 6.45) is 3.32. The van der Waals surface area contributed by atoms with Crippen LogP contribution in [0, 0.1) is 6.92 Å². The number of aryl methyl sites for hydroxylation is 1. The Morgan fingerprint density at radius 1 is 1.14 bits per heavy atom. The number of anilines is 1. The summed E-state index contributed by atoms with van der Waals surface area (Å²) in [6.45, 7) is -1.02. The van der Waals surface area contributed by atoms with E-state index >= 15 is 0 Å². The molecule has 0 saturated heterocycles. The van der Waals surface area contributed by atoms with E-state index < -0.39 is 12.5 Å². The number of nitrogens with zero attached hydrogens (tertiary/aromatic N) is 1. The lowest BCUT2D eigenvalue weighted by Crippen LogP contribution is -2.13. The minimum atomic E-state index is -3.01. The lowest BCUT2D eigenvalue weighted by molar-refractivity contribution is -0.0498.